The van der Waals surface area contributed by atoms with Gasteiger partial charge < -0.3 is 5.32 Å². The smallest absolute Gasteiger partial charge is 0.270 e. The number of rotatable bonds is 4. The predicted octanol–water partition coefficient (Wildman–Crippen LogP) is 2.76. The van der Waals surface area contributed by atoms with Crippen LogP contribution in [-0.2, 0) is 0 Å². The highest BCUT2D eigenvalue weighted by Crippen LogP contribution is 2.47. The average Bonchev–Trinajstić information content (AvgIpc) is 3.07. The van der Waals surface area contributed by atoms with E-state index in [2.05, 4.69) is 5.32 Å². The van der Waals surface area contributed by atoms with E-state index in [1.807, 2.05) is 0 Å². The lowest BCUT2D eigenvalue weighted by Crippen LogP contribution is -2.31. The van der Waals surface area contributed by atoms with Crippen LogP contribution >= 0.6 is 0 Å². The minimum atomic E-state index is -0.479. The molecule has 3 atom stereocenters. The van der Waals surface area contributed by atoms with Crippen LogP contribution in [0.2, 0.25) is 0 Å². The molecular formula is C15H18N2O3. The molecule has 0 saturated heterocycles. The number of non-ortho nitro benzene ring substituents is 1. The molecule has 1 aromatic carbocycles. The van der Waals surface area contributed by atoms with Crippen LogP contribution in [0.4, 0.5) is 5.69 Å². The number of nitrogens with zero attached hydrogens (tertiary/aromatic N) is 1. The van der Waals surface area contributed by atoms with Crippen molar-refractivity contribution < 1.29 is 9.72 Å². The van der Waals surface area contributed by atoms with Gasteiger partial charge in [-0.3, -0.25) is 14.9 Å². The molecular weight excluding hydrogens is 256 g/mol. The van der Waals surface area contributed by atoms with E-state index >= 15 is 0 Å². The number of benzene rings is 1. The molecule has 2 fully saturated rings. The van der Waals surface area contributed by atoms with Gasteiger partial charge in [-0.1, -0.05) is 12.5 Å². The number of nitro benzene ring substituents is 1. The number of hydrogen-bond donors (Lipinski definition) is 1. The zero-order valence-electron chi connectivity index (χ0n) is 11.2. The maximum absolute atomic E-state index is 12.0. The van der Waals surface area contributed by atoms with Crippen molar-refractivity contribution in [1.29, 1.82) is 0 Å². The Morgan fingerprint density at radius 3 is 2.85 bits per heavy atom. The molecule has 0 spiro atoms. The molecule has 1 N–H and O–H groups in total. The summed E-state index contributed by atoms with van der Waals surface area (Å²) < 4.78 is 0. The Balaban J connectivity index is 1.59. The van der Waals surface area contributed by atoms with E-state index < -0.39 is 4.92 Å². The summed E-state index contributed by atoms with van der Waals surface area (Å²) in [7, 11) is 0. The lowest BCUT2D eigenvalue weighted by Gasteiger charge is -2.21. The lowest BCUT2D eigenvalue weighted by atomic mass is 9.89. The zero-order chi connectivity index (χ0) is 14.1. The van der Waals surface area contributed by atoms with Gasteiger partial charge in [-0.05, 0) is 43.1 Å². The first-order chi connectivity index (χ1) is 9.63. The minimum absolute atomic E-state index is 0.0439. The van der Waals surface area contributed by atoms with Crippen molar-refractivity contribution in [2.45, 2.75) is 25.7 Å². The maximum atomic E-state index is 12.0. The number of amides is 1. The average molecular weight is 274 g/mol. The molecule has 106 valence electrons. The number of hydrogen-bond acceptors (Lipinski definition) is 3. The van der Waals surface area contributed by atoms with Crippen molar-refractivity contribution in [3.63, 3.8) is 0 Å². The Hall–Kier alpha value is -1.91. The van der Waals surface area contributed by atoms with Crippen LogP contribution in [0.5, 0.6) is 0 Å². The number of carbonyl (C=O) groups is 1. The Bertz CT molecular complexity index is 544. The van der Waals surface area contributed by atoms with Crippen LogP contribution in [0.3, 0.4) is 0 Å². The molecule has 2 aliphatic carbocycles. The van der Waals surface area contributed by atoms with Gasteiger partial charge in [0.05, 0.1) is 4.92 Å². The Morgan fingerprint density at radius 2 is 2.20 bits per heavy atom. The second-order valence-corrected chi connectivity index (χ2v) is 5.95. The number of nitrogens with one attached hydrogen (secondary N) is 1. The van der Waals surface area contributed by atoms with E-state index in [1.54, 1.807) is 12.1 Å². The molecule has 0 radical (unpaired) electrons. The fraction of sp³-hybridized carbons (Fsp3) is 0.533. The van der Waals surface area contributed by atoms with Crippen molar-refractivity contribution in [1.82, 2.24) is 5.32 Å². The van der Waals surface area contributed by atoms with Crippen molar-refractivity contribution in [2.75, 3.05) is 6.54 Å². The third-order valence-electron chi connectivity index (χ3n) is 4.73. The molecule has 20 heavy (non-hydrogen) atoms. The van der Waals surface area contributed by atoms with Crippen LogP contribution in [-0.4, -0.2) is 17.4 Å². The first-order valence-electron chi connectivity index (χ1n) is 7.16. The SMILES string of the molecule is O=C(NC[C@H]1C[C@H]2CC[C@H]1C2)c1cccc([N+](=O)[O-])c1. The van der Waals surface area contributed by atoms with Gasteiger partial charge in [-0.25, -0.2) is 0 Å². The Morgan fingerprint density at radius 1 is 1.35 bits per heavy atom. The van der Waals surface area contributed by atoms with Crippen molar-refractivity contribution >= 4 is 11.6 Å². The van der Waals surface area contributed by atoms with Crippen molar-refractivity contribution in [3.05, 3.63) is 39.9 Å². The van der Waals surface area contributed by atoms with E-state index in [-0.39, 0.29) is 11.6 Å². The highest BCUT2D eigenvalue weighted by atomic mass is 16.6. The third-order valence-corrected chi connectivity index (χ3v) is 4.73. The third kappa shape index (κ3) is 2.53. The van der Waals surface area contributed by atoms with Crippen LogP contribution in [0.1, 0.15) is 36.0 Å². The summed E-state index contributed by atoms with van der Waals surface area (Å²) in [5.74, 6) is 2.01. The molecule has 0 aliphatic heterocycles. The molecule has 2 bridgehead atoms. The first-order valence-corrected chi connectivity index (χ1v) is 7.16. The van der Waals surface area contributed by atoms with Gasteiger partial charge in [0, 0.05) is 24.2 Å². The first kappa shape index (κ1) is 13.1. The number of nitro groups is 1. The molecule has 2 saturated carbocycles. The summed E-state index contributed by atoms with van der Waals surface area (Å²) in [6.07, 6.45) is 5.18. The standard InChI is InChI=1S/C15H18N2O3/c18-15(12-2-1-3-14(8-12)17(19)20)16-9-13-7-10-4-5-11(13)6-10/h1-3,8,10-11,13H,4-7,9H2,(H,16,18)/t10-,11-,13+/m0/s1. The van der Waals surface area contributed by atoms with Crippen molar-refractivity contribution in [3.8, 4) is 0 Å². The molecule has 0 heterocycles. The van der Waals surface area contributed by atoms with Gasteiger partial charge in [-0.15, -0.1) is 0 Å². The molecule has 0 aromatic heterocycles. The zero-order valence-corrected chi connectivity index (χ0v) is 11.2. The highest BCUT2D eigenvalue weighted by Gasteiger charge is 2.39. The fourth-order valence-corrected chi connectivity index (χ4v) is 3.71. The van der Waals surface area contributed by atoms with E-state index in [4.69, 9.17) is 0 Å². The van der Waals surface area contributed by atoms with Crippen LogP contribution in [0.15, 0.2) is 24.3 Å². The van der Waals surface area contributed by atoms with Crippen LogP contribution < -0.4 is 5.32 Å². The van der Waals surface area contributed by atoms with Gasteiger partial charge >= 0.3 is 0 Å². The monoisotopic (exact) mass is 274 g/mol. The van der Waals surface area contributed by atoms with Crippen LogP contribution in [0.25, 0.3) is 0 Å². The second kappa shape index (κ2) is 5.23. The Labute approximate surface area is 117 Å². The number of fused-ring (bicyclic) bond motifs is 2. The molecule has 1 amide bonds. The van der Waals surface area contributed by atoms with Gasteiger partial charge in [0.15, 0.2) is 0 Å². The van der Waals surface area contributed by atoms with E-state index in [1.165, 1.54) is 37.8 Å². The highest BCUT2D eigenvalue weighted by molar-refractivity contribution is 5.94. The summed E-state index contributed by atoms with van der Waals surface area (Å²) in [5.41, 5.74) is 0.319. The van der Waals surface area contributed by atoms with E-state index in [9.17, 15) is 14.9 Å². The number of carbonyl (C=O) groups excluding carboxylic acids is 1. The lowest BCUT2D eigenvalue weighted by molar-refractivity contribution is -0.384. The summed E-state index contributed by atoms with van der Waals surface area (Å²) in [4.78, 5) is 22.3. The summed E-state index contributed by atoms with van der Waals surface area (Å²) in [6, 6.07) is 5.89. The molecule has 3 rings (SSSR count). The fourth-order valence-electron chi connectivity index (χ4n) is 3.71. The predicted molar refractivity (Wildman–Crippen MR) is 74.4 cm³/mol. The van der Waals surface area contributed by atoms with Crippen LogP contribution in [0, 0.1) is 27.9 Å². The maximum Gasteiger partial charge on any atom is 0.270 e. The van der Waals surface area contributed by atoms with Gasteiger partial charge in [-0.2, -0.15) is 0 Å². The molecule has 5 nitrogen and oxygen atoms in total. The topological polar surface area (TPSA) is 72.2 Å². The summed E-state index contributed by atoms with van der Waals surface area (Å²) >= 11 is 0. The van der Waals surface area contributed by atoms with Crippen molar-refractivity contribution in [2.24, 2.45) is 17.8 Å². The minimum Gasteiger partial charge on any atom is -0.352 e. The summed E-state index contributed by atoms with van der Waals surface area (Å²) in [5, 5.41) is 13.6. The van der Waals surface area contributed by atoms with Gasteiger partial charge in [0.25, 0.3) is 11.6 Å². The molecule has 5 heteroatoms. The molecule has 1 aromatic rings. The molecule has 0 unspecified atom stereocenters. The summed E-state index contributed by atoms with van der Waals surface area (Å²) in [6.45, 7) is 0.697. The van der Waals surface area contributed by atoms with E-state index in [0.29, 0.717) is 18.0 Å². The van der Waals surface area contributed by atoms with E-state index in [0.717, 1.165) is 11.8 Å². The normalized spacial score (nSPS) is 27.5. The Kier molecular flexibility index (Phi) is 3.42. The second-order valence-electron chi connectivity index (χ2n) is 5.95. The largest absolute Gasteiger partial charge is 0.352 e. The molecule has 2 aliphatic rings. The van der Waals surface area contributed by atoms with Gasteiger partial charge in [0.1, 0.15) is 0 Å². The quantitative estimate of drug-likeness (QED) is 0.677. The van der Waals surface area contributed by atoms with Gasteiger partial charge in [0.2, 0.25) is 0 Å².